The minimum Gasteiger partial charge on any atom is -0.396 e. The Morgan fingerprint density at radius 2 is 2.22 bits per heavy atom. The van der Waals surface area contributed by atoms with Crippen LogP contribution in [0.1, 0.15) is 24.0 Å². The molecule has 1 aliphatic rings. The van der Waals surface area contributed by atoms with E-state index in [0.717, 1.165) is 38.5 Å². The molecule has 0 spiro atoms. The molecular weight excluding hydrogens is 405 g/mol. The maximum atomic E-state index is 9.26. The zero-order valence-electron chi connectivity index (χ0n) is 14.0. The third-order valence-corrected chi connectivity index (χ3v) is 4.22. The third kappa shape index (κ3) is 6.27. The summed E-state index contributed by atoms with van der Waals surface area (Å²) in [5, 5.41) is 16.0. The maximum Gasteiger partial charge on any atom is 0.191 e. The number of nitrogens with one attached hydrogen (secondary N) is 2. The number of guanidine groups is 1. The molecule has 130 valence electrons. The van der Waals surface area contributed by atoms with Crippen LogP contribution >= 0.6 is 24.0 Å². The largest absolute Gasteiger partial charge is 0.396 e. The highest BCUT2D eigenvalue weighted by Gasteiger charge is 2.34. The molecule has 1 unspecified atom stereocenters. The van der Waals surface area contributed by atoms with Gasteiger partial charge in [0, 0.05) is 38.8 Å². The molecule has 1 fully saturated rings. The van der Waals surface area contributed by atoms with Crippen LogP contribution in [0, 0.1) is 12.3 Å². The van der Waals surface area contributed by atoms with E-state index < -0.39 is 0 Å². The Balaban J connectivity index is 0.00000264. The Hall–Kier alpha value is -0.860. The van der Waals surface area contributed by atoms with Crippen LogP contribution in [0.4, 0.5) is 0 Å². The van der Waals surface area contributed by atoms with Crippen molar-refractivity contribution in [2.45, 2.75) is 26.3 Å². The highest BCUT2D eigenvalue weighted by atomic mass is 127. The number of nitrogens with zero attached hydrogens (tertiary/aromatic N) is 1. The van der Waals surface area contributed by atoms with Crippen LogP contribution in [0.15, 0.2) is 29.3 Å². The van der Waals surface area contributed by atoms with Gasteiger partial charge in [-0.2, -0.15) is 0 Å². The Morgan fingerprint density at radius 1 is 1.39 bits per heavy atom. The smallest absolute Gasteiger partial charge is 0.191 e. The molecule has 0 bridgehead atoms. The van der Waals surface area contributed by atoms with Crippen molar-refractivity contribution in [3.63, 3.8) is 0 Å². The lowest BCUT2D eigenvalue weighted by Gasteiger charge is -2.27. The van der Waals surface area contributed by atoms with Crippen LogP contribution in [0.5, 0.6) is 0 Å². The number of aliphatic imine (C=N–C) groups is 1. The molecule has 0 saturated carbocycles. The minimum atomic E-state index is 0. The quantitative estimate of drug-likeness (QED) is 0.365. The van der Waals surface area contributed by atoms with Gasteiger partial charge in [0.05, 0.1) is 6.61 Å². The van der Waals surface area contributed by atoms with Crippen molar-refractivity contribution in [1.29, 1.82) is 0 Å². The Bertz CT molecular complexity index is 502. The van der Waals surface area contributed by atoms with Crippen molar-refractivity contribution in [1.82, 2.24) is 10.6 Å². The van der Waals surface area contributed by atoms with Crippen molar-refractivity contribution in [2.75, 3.05) is 33.4 Å². The second-order valence-corrected chi connectivity index (χ2v) is 6.04. The SMILES string of the molecule is CN=C(NCc1cccc(C)c1)NCC1(CCO)CCOC1.I. The summed E-state index contributed by atoms with van der Waals surface area (Å²) in [5.41, 5.74) is 2.51. The number of ether oxygens (including phenoxy) is 1. The first-order valence-electron chi connectivity index (χ1n) is 7.86. The molecule has 1 atom stereocenters. The average Bonchev–Trinajstić information content (AvgIpc) is 2.97. The summed E-state index contributed by atoms with van der Waals surface area (Å²) in [7, 11) is 1.77. The van der Waals surface area contributed by atoms with Crippen LogP contribution in [0.25, 0.3) is 0 Å². The predicted molar refractivity (Wildman–Crippen MR) is 104 cm³/mol. The van der Waals surface area contributed by atoms with Crippen molar-refractivity contribution in [3.05, 3.63) is 35.4 Å². The van der Waals surface area contributed by atoms with Crippen LogP contribution in [0.2, 0.25) is 0 Å². The van der Waals surface area contributed by atoms with Gasteiger partial charge < -0.3 is 20.5 Å². The van der Waals surface area contributed by atoms with E-state index in [1.165, 1.54) is 11.1 Å². The van der Waals surface area contributed by atoms with Crippen LogP contribution in [0.3, 0.4) is 0 Å². The van der Waals surface area contributed by atoms with Crippen LogP contribution < -0.4 is 10.6 Å². The predicted octanol–water partition coefficient (Wildman–Crippen LogP) is 2.07. The molecule has 0 aromatic heterocycles. The second-order valence-electron chi connectivity index (χ2n) is 6.04. The summed E-state index contributed by atoms with van der Waals surface area (Å²) in [4.78, 5) is 4.27. The van der Waals surface area contributed by atoms with Gasteiger partial charge in [0.2, 0.25) is 0 Å². The topological polar surface area (TPSA) is 65.9 Å². The van der Waals surface area contributed by atoms with Gasteiger partial charge in [0.25, 0.3) is 0 Å². The molecule has 1 heterocycles. The summed E-state index contributed by atoms with van der Waals surface area (Å²) in [6.45, 7) is 5.27. The van der Waals surface area contributed by atoms with Gasteiger partial charge in [-0.05, 0) is 25.3 Å². The van der Waals surface area contributed by atoms with Gasteiger partial charge in [0.1, 0.15) is 0 Å². The number of aryl methyl sites for hydroxylation is 1. The first kappa shape index (κ1) is 20.2. The Morgan fingerprint density at radius 3 is 2.83 bits per heavy atom. The molecule has 6 heteroatoms. The van der Waals surface area contributed by atoms with E-state index >= 15 is 0 Å². The van der Waals surface area contributed by atoms with Gasteiger partial charge >= 0.3 is 0 Å². The molecule has 5 nitrogen and oxygen atoms in total. The highest BCUT2D eigenvalue weighted by Crippen LogP contribution is 2.31. The molecule has 3 N–H and O–H groups in total. The summed E-state index contributed by atoms with van der Waals surface area (Å²) in [6.07, 6.45) is 1.74. The molecule has 0 amide bonds. The van der Waals surface area contributed by atoms with Crippen molar-refractivity contribution < 1.29 is 9.84 Å². The molecule has 0 radical (unpaired) electrons. The second kappa shape index (κ2) is 10.1. The summed E-state index contributed by atoms with van der Waals surface area (Å²) >= 11 is 0. The number of hydrogen-bond donors (Lipinski definition) is 3. The van der Waals surface area contributed by atoms with Crippen molar-refractivity contribution >= 4 is 29.9 Å². The van der Waals surface area contributed by atoms with Gasteiger partial charge in [-0.3, -0.25) is 4.99 Å². The number of aliphatic hydroxyl groups is 1. The number of hydrogen-bond acceptors (Lipinski definition) is 3. The zero-order chi connectivity index (χ0) is 15.8. The van der Waals surface area contributed by atoms with E-state index in [0.29, 0.717) is 6.61 Å². The van der Waals surface area contributed by atoms with E-state index in [9.17, 15) is 5.11 Å². The van der Waals surface area contributed by atoms with E-state index in [1.54, 1.807) is 7.05 Å². The standard InChI is InChI=1S/C17H27N3O2.HI/c1-14-4-3-5-15(10-14)11-19-16(18-2)20-12-17(6-8-21)7-9-22-13-17;/h3-5,10,21H,6-9,11-13H2,1-2H3,(H2,18,19,20);1H. The molecule has 23 heavy (non-hydrogen) atoms. The number of halogens is 1. The maximum absolute atomic E-state index is 9.26. The molecule has 1 saturated heterocycles. The van der Waals surface area contributed by atoms with E-state index in [4.69, 9.17) is 4.74 Å². The monoisotopic (exact) mass is 433 g/mol. The zero-order valence-corrected chi connectivity index (χ0v) is 16.3. The normalized spacial score (nSPS) is 20.9. The molecular formula is C17H28IN3O2. The summed E-state index contributed by atoms with van der Waals surface area (Å²) in [5.74, 6) is 0.783. The molecule has 0 aliphatic carbocycles. The fourth-order valence-electron chi connectivity index (χ4n) is 2.81. The van der Waals surface area contributed by atoms with Gasteiger partial charge in [-0.25, -0.2) is 0 Å². The fourth-order valence-corrected chi connectivity index (χ4v) is 2.81. The van der Waals surface area contributed by atoms with E-state index in [2.05, 4.69) is 46.8 Å². The van der Waals surface area contributed by atoms with Gasteiger partial charge in [-0.1, -0.05) is 29.8 Å². The summed E-state index contributed by atoms with van der Waals surface area (Å²) < 4.78 is 5.51. The fraction of sp³-hybridized carbons (Fsp3) is 0.588. The number of aliphatic hydroxyl groups excluding tert-OH is 1. The van der Waals surface area contributed by atoms with E-state index in [-0.39, 0.29) is 36.0 Å². The van der Waals surface area contributed by atoms with Gasteiger partial charge in [0.15, 0.2) is 5.96 Å². The molecule has 1 aromatic rings. The minimum absolute atomic E-state index is 0. The lowest BCUT2D eigenvalue weighted by Crippen LogP contribution is -2.44. The third-order valence-electron chi connectivity index (χ3n) is 4.22. The lowest BCUT2D eigenvalue weighted by molar-refractivity contribution is 0.127. The van der Waals surface area contributed by atoms with Crippen LogP contribution in [-0.4, -0.2) is 44.5 Å². The Kier molecular flexibility index (Phi) is 8.86. The average molecular weight is 433 g/mol. The van der Waals surface area contributed by atoms with Crippen molar-refractivity contribution in [3.8, 4) is 0 Å². The highest BCUT2D eigenvalue weighted by molar-refractivity contribution is 14.0. The first-order valence-corrected chi connectivity index (χ1v) is 7.86. The van der Waals surface area contributed by atoms with Gasteiger partial charge in [-0.15, -0.1) is 24.0 Å². The Labute approximate surface area is 155 Å². The molecule has 2 rings (SSSR count). The number of benzene rings is 1. The van der Waals surface area contributed by atoms with Crippen LogP contribution in [-0.2, 0) is 11.3 Å². The summed E-state index contributed by atoms with van der Waals surface area (Å²) in [6, 6.07) is 8.42. The molecule has 1 aromatic carbocycles. The molecule has 1 aliphatic heterocycles. The van der Waals surface area contributed by atoms with E-state index in [1.807, 2.05) is 0 Å². The lowest BCUT2D eigenvalue weighted by atomic mass is 9.84. The first-order chi connectivity index (χ1) is 10.7. The number of rotatable bonds is 6. The van der Waals surface area contributed by atoms with Crippen molar-refractivity contribution in [2.24, 2.45) is 10.4 Å².